The second-order valence-corrected chi connectivity index (χ2v) is 31.1. The standard InChI is InChI=1S/C73H142O17P2/c1-63(2)49-41-33-25-20-16-12-9-10-14-18-22-28-37-45-53-70(75)83-59-68(89-72(77)55-47-39-29-23-19-15-11-13-17-21-26-34-42-50-64(3)4)61-87-91(79,80)85-57-67(74)58-86-92(81,82)88-62-69(90-73(78)56-48-40-32-31-36-44-52-66(7)8)60-84-71(76)54-46-38-30-24-27-35-43-51-65(5)6/h63-69,74H,9-62H2,1-8H3,(H,79,80)(H,81,82)/t67?,68-,69-/m1/s1. The average molecular weight is 1350 g/mol. The van der Waals surface area contributed by atoms with Crippen LogP contribution in [-0.2, 0) is 65.4 Å². The summed E-state index contributed by atoms with van der Waals surface area (Å²) < 4.78 is 68.3. The number of esters is 4. The zero-order valence-corrected chi connectivity index (χ0v) is 62.0. The second-order valence-electron chi connectivity index (χ2n) is 28.2. The third-order valence-corrected chi connectivity index (χ3v) is 18.7. The molecule has 0 aromatic carbocycles. The molecule has 3 unspecified atom stereocenters. The molecule has 5 atom stereocenters. The summed E-state index contributed by atoms with van der Waals surface area (Å²) in [7, 11) is -9.91. The van der Waals surface area contributed by atoms with Gasteiger partial charge in [-0.1, -0.05) is 312 Å². The third-order valence-electron chi connectivity index (χ3n) is 16.8. The fourth-order valence-electron chi connectivity index (χ4n) is 11.0. The fraction of sp³-hybridized carbons (Fsp3) is 0.945. The van der Waals surface area contributed by atoms with Crippen LogP contribution >= 0.6 is 15.6 Å². The number of unbranched alkanes of at least 4 members (excludes halogenated alkanes) is 36. The molecule has 0 fully saturated rings. The molecule has 17 nitrogen and oxygen atoms in total. The molecular weight excluding hydrogens is 1210 g/mol. The Bertz CT molecular complexity index is 1820. The number of aliphatic hydroxyl groups excluding tert-OH is 1. The van der Waals surface area contributed by atoms with Crippen LogP contribution in [0.3, 0.4) is 0 Å². The van der Waals surface area contributed by atoms with Crippen LogP contribution in [0.2, 0.25) is 0 Å². The molecule has 0 rings (SSSR count). The van der Waals surface area contributed by atoms with Gasteiger partial charge in [-0.3, -0.25) is 37.3 Å². The van der Waals surface area contributed by atoms with Gasteiger partial charge in [0.1, 0.15) is 19.3 Å². The van der Waals surface area contributed by atoms with Crippen molar-refractivity contribution in [3.05, 3.63) is 0 Å². The van der Waals surface area contributed by atoms with Crippen molar-refractivity contribution in [1.29, 1.82) is 0 Å². The van der Waals surface area contributed by atoms with Gasteiger partial charge in [-0.2, -0.15) is 0 Å². The number of hydrogen-bond acceptors (Lipinski definition) is 15. The van der Waals surface area contributed by atoms with E-state index in [4.69, 9.17) is 37.0 Å². The highest BCUT2D eigenvalue weighted by Crippen LogP contribution is 2.45. The molecule has 0 saturated heterocycles. The molecule has 0 aromatic rings. The summed E-state index contributed by atoms with van der Waals surface area (Å²) in [5.74, 6) is 0.830. The first kappa shape index (κ1) is 90.1. The molecule has 0 heterocycles. The molecule has 546 valence electrons. The molecule has 0 bridgehead atoms. The largest absolute Gasteiger partial charge is 0.472 e. The number of aliphatic hydroxyl groups is 1. The Hall–Kier alpha value is -1.94. The SMILES string of the molecule is CC(C)CCCCCCCCCCCCCCCCC(=O)OC[C@H](COP(=O)(O)OCC(O)COP(=O)(O)OC[C@@H](COC(=O)CCCCCCCCCC(C)C)OC(=O)CCCCCCCCC(C)C)OC(=O)CCCCCCCCCCCCCCCC(C)C. The van der Waals surface area contributed by atoms with Crippen molar-refractivity contribution < 1.29 is 80.2 Å². The van der Waals surface area contributed by atoms with E-state index in [1.54, 1.807) is 0 Å². The minimum atomic E-state index is -4.96. The lowest BCUT2D eigenvalue weighted by Gasteiger charge is -2.21. The lowest BCUT2D eigenvalue weighted by Crippen LogP contribution is -2.30. The van der Waals surface area contributed by atoms with Crippen LogP contribution in [0.1, 0.15) is 364 Å². The van der Waals surface area contributed by atoms with Gasteiger partial charge in [0, 0.05) is 25.7 Å². The number of phosphoric ester groups is 2. The molecule has 0 aromatic heterocycles. The molecule has 0 aliphatic rings. The van der Waals surface area contributed by atoms with E-state index < -0.39 is 97.5 Å². The normalized spacial score (nSPS) is 14.2. The second kappa shape index (κ2) is 62.6. The molecule has 19 heteroatoms. The maximum Gasteiger partial charge on any atom is 0.472 e. The van der Waals surface area contributed by atoms with Crippen LogP contribution < -0.4 is 0 Å². The number of ether oxygens (including phenoxy) is 4. The van der Waals surface area contributed by atoms with Crippen molar-refractivity contribution in [2.75, 3.05) is 39.6 Å². The van der Waals surface area contributed by atoms with Crippen LogP contribution in [0.5, 0.6) is 0 Å². The molecular formula is C73H142O17P2. The first-order valence-corrected chi connectivity index (χ1v) is 40.7. The Morgan fingerprint density at radius 3 is 0.674 bits per heavy atom. The van der Waals surface area contributed by atoms with Gasteiger partial charge in [0.2, 0.25) is 0 Å². The van der Waals surface area contributed by atoms with Crippen LogP contribution in [-0.4, -0.2) is 96.7 Å². The van der Waals surface area contributed by atoms with Gasteiger partial charge in [-0.15, -0.1) is 0 Å². The van der Waals surface area contributed by atoms with E-state index in [1.165, 1.54) is 161 Å². The Balaban J connectivity index is 5.22. The fourth-order valence-corrected chi connectivity index (χ4v) is 12.6. The highest BCUT2D eigenvalue weighted by molar-refractivity contribution is 7.47. The average Bonchev–Trinajstić information content (AvgIpc) is 2.43. The van der Waals surface area contributed by atoms with Crippen LogP contribution in [0.15, 0.2) is 0 Å². The Morgan fingerprint density at radius 1 is 0.272 bits per heavy atom. The van der Waals surface area contributed by atoms with Crippen molar-refractivity contribution >= 4 is 39.5 Å². The third kappa shape index (κ3) is 66.7. The predicted octanol–water partition coefficient (Wildman–Crippen LogP) is 20.9. The van der Waals surface area contributed by atoms with E-state index in [2.05, 4.69) is 55.4 Å². The van der Waals surface area contributed by atoms with Gasteiger partial charge in [0.05, 0.1) is 26.4 Å². The highest BCUT2D eigenvalue weighted by Gasteiger charge is 2.30. The topological polar surface area (TPSA) is 237 Å². The van der Waals surface area contributed by atoms with Crippen molar-refractivity contribution in [3.8, 4) is 0 Å². The molecule has 0 aliphatic carbocycles. The van der Waals surface area contributed by atoms with Crippen molar-refractivity contribution in [2.45, 2.75) is 382 Å². The molecule has 3 N–H and O–H groups in total. The summed E-state index contributed by atoms with van der Waals surface area (Å²) >= 11 is 0. The Kier molecular flexibility index (Phi) is 61.3. The van der Waals surface area contributed by atoms with Gasteiger partial charge in [0.25, 0.3) is 0 Å². The van der Waals surface area contributed by atoms with Crippen molar-refractivity contribution in [2.24, 2.45) is 23.7 Å². The Morgan fingerprint density at radius 2 is 0.457 bits per heavy atom. The Labute approximate surface area is 562 Å². The van der Waals surface area contributed by atoms with Crippen LogP contribution in [0.4, 0.5) is 0 Å². The zero-order chi connectivity index (χ0) is 68.2. The van der Waals surface area contributed by atoms with Gasteiger partial charge < -0.3 is 33.8 Å². The summed E-state index contributed by atoms with van der Waals surface area (Å²) in [6.45, 7) is 14.1. The number of carbonyl (C=O) groups is 4. The summed E-state index contributed by atoms with van der Waals surface area (Å²) in [4.78, 5) is 72.6. The lowest BCUT2D eigenvalue weighted by molar-refractivity contribution is -0.161. The first-order chi connectivity index (χ1) is 44.1. The maximum atomic E-state index is 13.1. The molecule has 0 amide bonds. The van der Waals surface area contributed by atoms with Gasteiger partial charge >= 0.3 is 39.5 Å². The summed E-state index contributed by atoms with van der Waals surface area (Å²) in [5.41, 5.74) is 0. The van der Waals surface area contributed by atoms with Crippen LogP contribution in [0.25, 0.3) is 0 Å². The minimum absolute atomic E-state index is 0.101. The van der Waals surface area contributed by atoms with E-state index in [9.17, 15) is 43.2 Å². The van der Waals surface area contributed by atoms with E-state index in [0.717, 1.165) is 108 Å². The molecule has 0 spiro atoms. The molecule has 92 heavy (non-hydrogen) atoms. The maximum absolute atomic E-state index is 13.1. The van der Waals surface area contributed by atoms with E-state index in [-0.39, 0.29) is 25.7 Å². The molecule has 0 aliphatic heterocycles. The van der Waals surface area contributed by atoms with Crippen molar-refractivity contribution in [1.82, 2.24) is 0 Å². The van der Waals surface area contributed by atoms with Gasteiger partial charge in [0.15, 0.2) is 12.2 Å². The van der Waals surface area contributed by atoms with Gasteiger partial charge in [-0.05, 0) is 49.4 Å². The highest BCUT2D eigenvalue weighted by atomic mass is 31.2. The van der Waals surface area contributed by atoms with Crippen LogP contribution in [0, 0.1) is 23.7 Å². The number of hydrogen-bond donors (Lipinski definition) is 3. The summed E-state index contributed by atoms with van der Waals surface area (Å²) in [6, 6.07) is 0. The van der Waals surface area contributed by atoms with E-state index >= 15 is 0 Å². The summed E-state index contributed by atoms with van der Waals surface area (Å²) in [6.07, 6.45) is 46.1. The lowest BCUT2D eigenvalue weighted by atomic mass is 10.0. The molecule has 0 saturated carbocycles. The first-order valence-electron chi connectivity index (χ1n) is 37.7. The van der Waals surface area contributed by atoms with Crippen molar-refractivity contribution in [3.63, 3.8) is 0 Å². The number of rotatable bonds is 70. The van der Waals surface area contributed by atoms with E-state index in [1.807, 2.05) is 0 Å². The predicted molar refractivity (Wildman–Crippen MR) is 372 cm³/mol. The van der Waals surface area contributed by atoms with Gasteiger partial charge in [-0.25, -0.2) is 9.13 Å². The number of carbonyl (C=O) groups excluding carboxylic acids is 4. The number of phosphoric acid groups is 2. The smallest absolute Gasteiger partial charge is 0.462 e. The van der Waals surface area contributed by atoms with E-state index in [0.29, 0.717) is 37.5 Å². The minimum Gasteiger partial charge on any atom is -0.462 e. The quantitative estimate of drug-likeness (QED) is 0.0222. The summed E-state index contributed by atoms with van der Waals surface area (Å²) in [5, 5.41) is 10.6. The monoisotopic (exact) mass is 1350 g/mol. The molecule has 0 radical (unpaired) electrons. The zero-order valence-electron chi connectivity index (χ0n) is 60.2.